The third kappa shape index (κ3) is 3.56. The zero-order valence-corrected chi connectivity index (χ0v) is 12.1. The average Bonchev–Trinajstić information content (AvgIpc) is 2.42. The third-order valence-electron chi connectivity index (χ3n) is 2.96. The Hall–Kier alpha value is -2.43. The largest absolute Gasteiger partial charge is 0.478 e. The molecule has 110 valence electrons. The molecule has 0 radical (unpaired) electrons. The molecule has 1 aromatic carbocycles. The van der Waals surface area contributed by atoms with Crippen molar-refractivity contribution in [1.29, 1.82) is 0 Å². The number of nitrogens with zero attached hydrogens (tertiary/aromatic N) is 1. The zero-order chi connectivity index (χ0) is 15.6. The van der Waals surface area contributed by atoms with E-state index >= 15 is 0 Å². The summed E-state index contributed by atoms with van der Waals surface area (Å²) >= 11 is 0. The first kappa shape index (κ1) is 15.0. The number of benzene rings is 1. The molecule has 0 aliphatic carbocycles. The SMILES string of the molecule is Cc1ccc(F)c(Oc2cc(C(=O)O)cc(C(C)C)n2)c1. The van der Waals surface area contributed by atoms with E-state index < -0.39 is 11.8 Å². The lowest BCUT2D eigenvalue weighted by atomic mass is 10.1. The molecule has 0 fully saturated rings. The van der Waals surface area contributed by atoms with E-state index in [4.69, 9.17) is 9.84 Å². The van der Waals surface area contributed by atoms with Crippen LogP contribution in [0.3, 0.4) is 0 Å². The number of carboxylic acid groups (broad SMARTS) is 1. The second-order valence-electron chi connectivity index (χ2n) is 5.11. The lowest BCUT2D eigenvalue weighted by Crippen LogP contribution is -2.03. The molecule has 21 heavy (non-hydrogen) atoms. The number of ether oxygens (including phenoxy) is 1. The Bertz CT molecular complexity index is 683. The fourth-order valence-corrected chi connectivity index (χ4v) is 1.80. The van der Waals surface area contributed by atoms with Crippen LogP contribution in [-0.2, 0) is 0 Å². The number of rotatable bonds is 4. The highest BCUT2D eigenvalue weighted by Crippen LogP contribution is 2.26. The third-order valence-corrected chi connectivity index (χ3v) is 2.96. The van der Waals surface area contributed by atoms with E-state index in [1.807, 2.05) is 20.8 Å². The first-order chi connectivity index (χ1) is 9.86. The van der Waals surface area contributed by atoms with Gasteiger partial charge >= 0.3 is 5.97 Å². The molecule has 4 nitrogen and oxygen atoms in total. The second kappa shape index (κ2) is 5.91. The summed E-state index contributed by atoms with van der Waals surface area (Å²) in [5.74, 6) is -1.46. The molecule has 0 bridgehead atoms. The molecule has 0 atom stereocenters. The van der Waals surface area contributed by atoms with Gasteiger partial charge in [-0.15, -0.1) is 0 Å². The second-order valence-corrected chi connectivity index (χ2v) is 5.11. The van der Waals surface area contributed by atoms with Gasteiger partial charge in [0.15, 0.2) is 11.6 Å². The summed E-state index contributed by atoms with van der Waals surface area (Å²) in [4.78, 5) is 15.4. The van der Waals surface area contributed by atoms with Crippen LogP contribution in [0.5, 0.6) is 11.6 Å². The maximum absolute atomic E-state index is 13.7. The molecule has 2 rings (SSSR count). The van der Waals surface area contributed by atoms with E-state index in [0.29, 0.717) is 5.69 Å². The van der Waals surface area contributed by atoms with Crippen LogP contribution in [0.15, 0.2) is 30.3 Å². The van der Waals surface area contributed by atoms with Gasteiger partial charge in [-0.05, 0) is 36.6 Å². The molecular weight excluding hydrogens is 273 g/mol. The van der Waals surface area contributed by atoms with Crippen molar-refractivity contribution in [3.8, 4) is 11.6 Å². The van der Waals surface area contributed by atoms with Crippen LogP contribution in [-0.4, -0.2) is 16.1 Å². The van der Waals surface area contributed by atoms with Crippen LogP contribution in [0, 0.1) is 12.7 Å². The summed E-state index contributed by atoms with van der Waals surface area (Å²) in [7, 11) is 0. The van der Waals surface area contributed by atoms with Crippen molar-refractivity contribution in [2.45, 2.75) is 26.7 Å². The van der Waals surface area contributed by atoms with E-state index in [-0.39, 0.29) is 23.1 Å². The van der Waals surface area contributed by atoms with Crippen LogP contribution in [0.2, 0.25) is 0 Å². The van der Waals surface area contributed by atoms with Gasteiger partial charge in [0.05, 0.1) is 5.56 Å². The molecular formula is C16H16FNO3. The van der Waals surface area contributed by atoms with E-state index in [0.717, 1.165) is 5.56 Å². The highest BCUT2D eigenvalue weighted by Gasteiger charge is 2.13. The van der Waals surface area contributed by atoms with Crippen LogP contribution in [0.1, 0.15) is 41.4 Å². The summed E-state index contributed by atoms with van der Waals surface area (Å²) in [6, 6.07) is 7.25. The minimum Gasteiger partial charge on any atom is -0.478 e. The maximum Gasteiger partial charge on any atom is 0.335 e. The number of aromatic carboxylic acids is 1. The number of carboxylic acids is 1. The molecule has 0 unspecified atom stereocenters. The lowest BCUT2D eigenvalue weighted by Gasteiger charge is -2.11. The molecule has 1 N–H and O–H groups in total. The molecule has 1 heterocycles. The zero-order valence-electron chi connectivity index (χ0n) is 12.1. The molecule has 0 aliphatic rings. The van der Waals surface area contributed by atoms with Crippen LogP contribution < -0.4 is 4.74 Å². The number of carbonyl (C=O) groups is 1. The normalized spacial score (nSPS) is 10.7. The van der Waals surface area contributed by atoms with Crippen molar-refractivity contribution < 1.29 is 19.0 Å². The summed E-state index contributed by atoms with van der Waals surface area (Å²) in [6.07, 6.45) is 0. The van der Waals surface area contributed by atoms with Crippen LogP contribution in [0.25, 0.3) is 0 Å². The monoisotopic (exact) mass is 289 g/mol. The quantitative estimate of drug-likeness (QED) is 0.918. The maximum atomic E-state index is 13.7. The number of aromatic nitrogens is 1. The lowest BCUT2D eigenvalue weighted by molar-refractivity contribution is 0.0696. The number of hydrogen-bond donors (Lipinski definition) is 1. The van der Waals surface area contributed by atoms with Gasteiger partial charge in [-0.25, -0.2) is 14.2 Å². The van der Waals surface area contributed by atoms with E-state index in [1.54, 1.807) is 12.1 Å². The molecule has 0 saturated carbocycles. The van der Waals surface area contributed by atoms with Gasteiger partial charge in [0.2, 0.25) is 5.88 Å². The first-order valence-corrected chi connectivity index (χ1v) is 6.56. The molecule has 0 aliphatic heterocycles. The van der Waals surface area contributed by atoms with Crippen molar-refractivity contribution in [3.63, 3.8) is 0 Å². The number of hydrogen-bond acceptors (Lipinski definition) is 3. The Labute approximate surface area is 122 Å². The van der Waals surface area contributed by atoms with E-state index in [1.165, 1.54) is 18.2 Å². The van der Waals surface area contributed by atoms with Gasteiger partial charge in [0.1, 0.15) is 0 Å². The highest BCUT2D eigenvalue weighted by molar-refractivity contribution is 5.88. The smallest absolute Gasteiger partial charge is 0.335 e. The van der Waals surface area contributed by atoms with E-state index in [2.05, 4.69) is 4.98 Å². The molecule has 2 aromatic rings. The molecule has 0 saturated heterocycles. The Morgan fingerprint density at radius 2 is 2.00 bits per heavy atom. The first-order valence-electron chi connectivity index (χ1n) is 6.56. The summed E-state index contributed by atoms with van der Waals surface area (Å²) in [6.45, 7) is 5.60. The number of aryl methyl sites for hydroxylation is 1. The van der Waals surface area contributed by atoms with Crippen LogP contribution >= 0.6 is 0 Å². The number of halogens is 1. The van der Waals surface area contributed by atoms with Gasteiger partial charge in [0, 0.05) is 11.8 Å². The average molecular weight is 289 g/mol. The minimum atomic E-state index is -1.08. The van der Waals surface area contributed by atoms with Crippen molar-refractivity contribution in [1.82, 2.24) is 4.98 Å². The number of pyridine rings is 1. The summed E-state index contributed by atoms with van der Waals surface area (Å²) in [5, 5.41) is 9.12. The van der Waals surface area contributed by atoms with Crippen molar-refractivity contribution in [2.24, 2.45) is 0 Å². The predicted octanol–water partition coefficient (Wildman–Crippen LogP) is 4.14. The van der Waals surface area contributed by atoms with Gasteiger partial charge in [-0.1, -0.05) is 19.9 Å². The van der Waals surface area contributed by atoms with Gasteiger partial charge in [-0.3, -0.25) is 0 Å². The van der Waals surface area contributed by atoms with Gasteiger partial charge < -0.3 is 9.84 Å². The highest BCUT2D eigenvalue weighted by atomic mass is 19.1. The topological polar surface area (TPSA) is 59.4 Å². The predicted molar refractivity (Wildman–Crippen MR) is 76.5 cm³/mol. The Kier molecular flexibility index (Phi) is 4.21. The van der Waals surface area contributed by atoms with Crippen molar-refractivity contribution in [3.05, 3.63) is 53.0 Å². The molecule has 0 spiro atoms. The van der Waals surface area contributed by atoms with E-state index in [9.17, 15) is 9.18 Å². The Morgan fingerprint density at radius 1 is 1.29 bits per heavy atom. The molecule has 0 amide bonds. The fourth-order valence-electron chi connectivity index (χ4n) is 1.80. The van der Waals surface area contributed by atoms with Crippen molar-refractivity contribution >= 4 is 5.97 Å². The van der Waals surface area contributed by atoms with Gasteiger partial charge in [0.25, 0.3) is 0 Å². The Balaban J connectivity index is 2.43. The molecule has 5 heteroatoms. The van der Waals surface area contributed by atoms with Crippen molar-refractivity contribution in [2.75, 3.05) is 0 Å². The summed E-state index contributed by atoms with van der Waals surface area (Å²) < 4.78 is 19.1. The fraction of sp³-hybridized carbons (Fsp3) is 0.250. The standard InChI is InChI=1S/C16H16FNO3/c1-9(2)13-7-11(16(19)20)8-15(18-13)21-14-6-10(3)4-5-12(14)17/h4-9H,1-3H3,(H,19,20). The summed E-state index contributed by atoms with van der Waals surface area (Å²) in [5.41, 5.74) is 1.49. The van der Waals surface area contributed by atoms with Gasteiger partial charge in [-0.2, -0.15) is 0 Å². The van der Waals surface area contributed by atoms with Crippen LogP contribution in [0.4, 0.5) is 4.39 Å². The Morgan fingerprint density at radius 3 is 2.62 bits per heavy atom. The minimum absolute atomic E-state index is 0.0275. The molecule has 1 aromatic heterocycles.